The molecule has 0 heterocycles. The Morgan fingerprint density at radius 3 is 2.74 bits per heavy atom. The van der Waals surface area contributed by atoms with Crippen LogP contribution in [0.1, 0.15) is 86.0 Å². The zero-order chi connectivity index (χ0) is 22.4. The molecule has 2 N–H and O–H groups in total. The third-order valence-electron chi connectivity index (χ3n) is 9.83. The summed E-state index contributed by atoms with van der Waals surface area (Å²) >= 11 is 0. The maximum Gasteiger partial charge on any atom is 0.427 e. The average Bonchev–Trinajstić information content (AvgIpc) is 3.05. The third kappa shape index (κ3) is 3.75. The van der Waals surface area contributed by atoms with Gasteiger partial charge in [-0.05, 0) is 93.3 Å². The number of allylic oxidation sites excluding steroid dienone is 1. The van der Waals surface area contributed by atoms with E-state index in [0.29, 0.717) is 24.4 Å². The Kier molecular flexibility index (Phi) is 6.28. The molecule has 3 fully saturated rings. The fourth-order valence-electron chi connectivity index (χ4n) is 8.41. The summed E-state index contributed by atoms with van der Waals surface area (Å²) in [5.41, 5.74) is 5.72. The van der Waals surface area contributed by atoms with E-state index in [-0.39, 0.29) is 16.9 Å². The smallest absolute Gasteiger partial charge is 0.427 e. The van der Waals surface area contributed by atoms with Gasteiger partial charge in [0, 0.05) is 11.6 Å². The monoisotopic (exact) mass is 430 g/mol. The van der Waals surface area contributed by atoms with Crippen LogP contribution in [0.3, 0.4) is 0 Å². The number of rotatable bonds is 4. The van der Waals surface area contributed by atoms with Gasteiger partial charge in [-0.3, -0.25) is 0 Å². The van der Waals surface area contributed by atoms with Gasteiger partial charge in [-0.1, -0.05) is 38.8 Å². The highest BCUT2D eigenvalue weighted by molar-refractivity contribution is 5.86. The maximum atomic E-state index is 11.8. The summed E-state index contributed by atoms with van der Waals surface area (Å²) in [7, 11) is 0. The van der Waals surface area contributed by atoms with Crippen molar-refractivity contribution in [1.29, 1.82) is 0 Å². The van der Waals surface area contributed by atoms with Crippen LogP contribution >= 0.6 is 0 Å². The van der Waals surface area contributed by atoms with Gasteiger partial charge in [-0.2, -0.15) is 5.10 Å². The number of nitrogens with zero attached hydrogens (tertiary/aromatic N) is 1. The molecule has 31 heavy (non-hydrogen) atoms. The topological polar surface area (TPSA) is 70.9 Å². The van der Waals surface area contributed by atoms with E-state index in [1.54, 1.807) is 0 Å². The largest absolute Gasteiger partial charge is 0.449 e. The number of nitrogens with one attached hydrogen (secondary N) is 1. The van der Waals surface area contributed by atoms with Gasteiger partial charge in [0.15, 0.2) is 0 Å². The minimum atomic E-state index is -0.462. The zero-order valence-corrected chi connectivity index (χ0v) is 20.1. The molecule has 0 aromatic carbocycles. The van der Waals surface area contributed by atoms with E-state index >= 15 is 0 Å². The Balaban J connectivity index is 1.60. The molecule has 4 rings (SSSR count). The molecule has 0 unspecified atom stereocenters. The average molecular weight is 431 g/mol. The van der Waals surface area contributed by atoms with Crippen molar-refractivity contribution < 1.29 is 14.6 Å². The predicted molar refractivity (Wildman–Crippen MR) is 124 cm³/mol. The minimum absolute atomic E-state index is 0.143. The van der Waals surface area contributed by atoms with Gasteiger partial charge in [-0.25, -0.2) is 10.2 Å². The van der Waals surface area contributed by atoms with E-state index in [1.807, 2.05) is 6.92 Å². The van der Waals surface area contributed by atoms with Crippen LogP contribution in [-0.4, -0.2) is 29.6 Å². The Bertz CT molecular complexity index is 762. The summed E-state index contributed by atoms with van der Waals surface area (Å²) in [6.07, 6.45) is 11.0. The highest BCUT2D eigenvalue weighted by atomic mass is 16.5. The first-order chi connectivity index (χ1) is 14.7. The number of aliphatic hydroxyl groups is 1. The van der Waals surface area contributed by atoms with Gasteiger partial charge in [-0.15, -0.1) is 0 Å². The first-order valence-electron chi connectivity index (χ1n) is 12.6. The molecule has 5 nitrogen and oxygen atoms in total. The van der Waals surface area contributed by atoms with Crippen molar-refractivity contribution in [3.8, 4) is 0 Å². The number of carbonyl (C=O) groups is 1. The van der Waals surface area contributed by atoms with Gasteiger partial charge in [0.25, 0.3) is 0 Å². The molecule has 0 radical (unpaired) electrons. The Labute approximate surface area is 188 Å². The maximum absolute atomic E-state index is 11.8. The van der Waals surface area contributed by atoms with Crippen LogP contribution in [-0.2, 0) is 4.74 Å². The van der Waals surface area contributed by atoms with Crippen molar-refractivity contribution in [3.63, 3.8) is 0 Å². The molecular formula is C26H42N2O3. The quantitative estimate of drug-likeness (QED) is 0.342. The lowest BCUT2D eigenvalue weighted by Crippen LogP contribution is -2.51. The molecule has 0 aliphatic heterocycles. The molecule has 5 heteroatoms. The van der Waals surface area contributed by atoms with Gasteiger partial charge in [0.2, 0.25) is 0 Å². The summed E-state index contributed by atoms with van der Waals surface area (Å²) < 4.78 is 5.00. The Morgan fingerprint density at radius 2 is 2.03 bits per heavy atom. The molecule has 0 bridgehead atoms. The fourth-order valence-corrected chi connectivity index (χ4v) is 8.41. The van der Waals surface area contributed by atoms with Crippen LogP contribution in [0, 0.1) is 40.4 Å². The number of fused-ring (bicyclic) bond motifs is 5. The van der Waals surface area contributed by atoms with E-state index in [4.69, 9.17) is 4.74 Å². The van der Waals surface area contributed by atoms with Crippen molar-refractivity contribution >= 4 is 11.8 Å². The summed E-state index contributed by atoms with van der Waals surface area (Å²) in [5.74, 6) is 3.21. The van der Waals surface area contributed by atoms with Gasteiger partial charge < -0.3 is 9.84 Å². The molecular weight excluding hydrogens is 388 g/mol. The second kappa shape index (κ2) is 8.53. The third-order valence-corrected chi connectivity index (χ3v) is 9.83. The molecule has 0 spiro atoms. The molecule has 0 saturated heterocycles. The first kappa shape index (κ1) is 22.8. The molecule has 4 aliphatic carbocycles. The van der Waals surface area contributed by atoms with Crippen LogP contribution in [0.4, 0.5) is 4.79 Å². The van der Waals surface area contributed by atoms with Crippen LogP contribution in [0.15, 0.2) is 16.8 Å². The summed E-state index contributed by atoms with van der Waals surface area (Å²) in [5, 5.41) is 14.7. The fraction of sp³-hybridized carbons (Fsp3) is 0.846. The molecule has 0 aromatic rings. The van der Waals surface area contributed by atoms with E-state index in [2.05, 4.69) is 44.3 Å². The van der Waals surface area contributed by atoms with E-state index in [9.17, 15) is 9.90 Å². The lowest BCUT2D eigenvalue weighted by molar-refractivity contribution is -0.0425. The number of aliphatic hydroxyl groups excluding tert-OH is 1. The van der Waals surface area contributed by atoms with Gasteiger partial charge >= 0.3 is 6.09 Å². The number of hydrogen-bond acceptors (Lipinski definition) is 4. The number of ether oxygens (including phenoxy) is 1. The van der Waals surface area contributed by atoms with Crippen LogP contribution in [0.5, 0.6) is 0 Å². The zero-order valence-electron chi connectivity index (χ0n) is 20.1. The van der Waals surface area contributed by atoms with Crippen molar-refractivity contribution in [2.45, 2.75) is 92.1 Å². The van der Waals surface area contributed by atoms with Crippen molar-refractivity contribution in [1.82, 2.24) is 5.43 Å². The normalized spacial score (nSPS) is 44.6. The summed E-state index contributed by atoms with van der Waals surface area (Å²) in [6, 6.07) is 0. The van der Waals surface area contributed by atoms with Crippen LogP contribution < -0.4 is 5.43 Å². The van der Waals surface area contributed by atoms with Crippen molar-refractivity contribution in [2.75, 3.05) is 6.61 Å². The second-order valence-corrected chi connectivity index (χ2v) is 11.2. The van der Waals surface area contributed by atoms with Gasteiger partial charge in [0.1, 0.15) is 0 Å². The highest BCUT2D eigenvalue weighted by Gasteiger charge is 2.61. The number of amides is 1. The molecule has 4 aliphatic rings. The van der Waals surface area contributed by atoms with E-state index in [0.717, 1.165) is 43.2 Å². The summed E-state index contributed by atoms with van der Waals surface area (Å²) in [4.78, 5) is 11.8. The molecule has 0 aromatic heterocycles. The number of hydrazone groups is 1. The SMILES string of the molecule is CCOC(=O)N/N=C(\C)[C@H]1[C@H](CC)C[C@@H]2[C@H]3CC=C4C[C@@H](O)CC[C@]4(C)[C@@H]3CC[C@@]21C. The van der Waals surface area contributed by atoms with E-state index in [1.165, 1.54) is 31.3 Å². The number of hydrogen-bond donors (Lipinski definition) is 2. The molecule has 1 amide bonds. The second-order valence-electron chi connectivity index (χ2n) is 11.2. The van der Waals surface area contributed by atoms with Crippen LogP contribution in [0.2, 0.25) is 0 Å². The van der Waals surface area contributed by atoms with Crippen molar-refractivity contribution in [3.05, 3.63) is 11.6 Å². The highest BCUT2D eigenvalue weighted by Crippen LogP contribution is 2.67. The lowest BCUT2D eigenvalue weighted by Gasteiger charge is -2.58. The first-order valence-corrected chi connectivity index (χ1v) is 12.6. The molecule has 8 atom stereocenters. The van der Waals surface area contributed by atoms with Crippen molar-refractivity contribution in [2.24, 2.45) is 45.5 Å². The molecule has 174 valence electrons. The minimum Gasteiger partial charge on any atom is -0.449 e. The lowest BCUT2D eigenvalue weighted by atomic mass is 9.47. The Morgan fingerprint density at radius 1 is 1.26 bits per heavy atom. The summed E-state index contributed by atoms with van der Waals surface area (Å²) in [6.45, 7) is 11.6. The van der Waals surface area contributed by atoms with Gasteiger partial charge in [0.05, 0.1) is 12.7 Å². The number of carbonyl (C=O) groups excluding carboxylic acids is 1. The van der Waals surface area contributed by atoms with Crippen LogP contribution in [0.25, 0.3) is 0 Å². The Hall–Kier alpha value is -1.36. The predicted octanol–water partition coefficient (Wildman–Crippen LogP) is 5.68. The van der Waals surface area contributed by atoms with E-state index < -0.39 is 6.09 Å². The standard InChI is InChI=1S/C26H42N2O3/c1-6-17-14-22-20-9-8-18-15-19(29)10-12-25(18,4)21(20)11-13-26(22,5)23(17)16(3)27-28-24(30)31-7-2/h8,17,19-23,29H,6-7,9-15H2,1-5H3,(H,28,30)/b27-16+/t17-,19+,20+,21-,22-,23+,25+,26+/m1/s1. The molecule has 3 saturated carbocycles.